The van der Waals surface area contributed by atoms with E-state index < -0.39 is 0 Å². The summed E-state index contributed by atoms with van der Waals surface area (Å²) >= 11 is 0. The van der Waals surface area contributed by atoms with Crippen molar-refractivity contribution >= 4 is 0 Å². The van der Waals surface area contributed by atoms with Gasteiger partial charge < -0.3 is 10.5 Å². The molecule has 1 aromatic rings. The van der Waals surface area contributed by atoms with Crippen LogP contribution in [0.15, 0.2) is 18.2 Å². The molecule has 2 heteroatoms. The van der Waals surface area contributed by atoms with E-state index in [1.165, 1.54) is 29.5 Å². The largest absolute Gasteiger partial charge is 0.376 e. The second-order valence-corrected chi connectivity index (χ2v) is 5.14. The Balaban J connectivity index is 2.21. The Morgan fingerprint density at radius 3 is 2.65 bits per heavy atom. The van der Waals surface area contributed by atoms with Gasteiger partial charge >= 0.3 is 0 Å². The van der Waals surface area contributed by atoms with Crippen LogP contribution in [0.1, 0.15) is 42.5 Å². The Kier molecular flexibility index (Phi) is 3.85. The SMILES string of the molecule is CCOC(C1CC1)C(N)c1cc(C)ccc1C. The molecule has 0 radical (unpaired) electrons. The van der Waals surface area contributed by atoms with Gasteiger partial charge in [0, 0.05) is 6.61 Å². The molecule has 2 atom stereocenters. The predicted octanol–water partition coefficient (Wildman–Crippen LogP) is 3.12. The molecular weight excluding hydrogens is 210 g/mol. The molecule has 0 amide bonds. The zero-order valence-electron chi connectivity index (χ0n) is 11.1. The van der Waals surface area contributed by atoms with Crippen molar-refractivity contribution in [1.82, 2.24) is 0 Å². The fourth-order valence-electron chi connectivity index (χ4n) is 2.45. The first-order valence-electron chi connectivity index (χ1n) is 6.57. The predicted molar refractivity (Wildman–Crippen MR) is 71.0 cm³/mol. The highest BCUT2D eigenvalue weighted by atomic mass is 16.5. The third-order valence-corrected chi connectivity index (χ3v) is 3.59. The summed E-state index contributed by atoms with van der Waals surface area (Å²) in [6.07, 6.45) is 2.73. The Morgan fingerprint density at radius 1 is 1.35 bits per heavy atom. The molecule has 1 aromatic carbocycles. The van der Waals surface area contributed by atoms with Crippen molar-refractivity contribution in [2.75, 3.05) is 6.61 Å². The Bertz CT molecular complexity index is 385. The minimum absolute atomic E-state index is 0.0161. The molecule has 0 heterocycles. The van der Waals surface area contributed by atoms with E-state index in [0.29, 0.717) is 5.92 Å². The third kappa shape index (κ3) is 2.88. The molecule has 2 rings (SSSR count). The quantitative estimate of drug-likeness (QED) is 0.848. The monoisotopic (exact) mass is 233 g/mol. The van der Waals surface area contributed by atoms with Gasteiger partial charge in [-0.3, -0.25) is 0 Å². The lowest BCUT2D eigenvalue weighted by Crippen LogP contribution is -2.31. The highest BCUT2D eigenvalue weighted by Crippen LogP contribution is 2.39. The van der Waals surface area contributed by atoms with E-state index in [1.54, 1.807) is 0 Å². The summed E-state index contributed by atoms with van der Waals surface area (Å²) < 4.78 is 5.85. The van der Waals surface area contributed by atoms with E-state index in [-0.39, 0.29) is 12.1 Å². The molecule has 17 heavy (non-hydrogen) atoms. The summed E-state index contributed by atoms with van der Waals surface area (Å²) in [6, 6.07) is 6.51. The number of rotatable bonds is 5. The molecule has 1 aliphatic carbocycles. The van der Waals surface area contributed by atoms with E-state index in [4.69, 9.17) is 10.5 Å². The zero-order valence-corrected chi connectivity index (χ0v) is 11.1. The van der Waals surface area contributed by atoms with Gasteiger partial charge in [0.1, 0.15) is 0 Å². The fourth-order valence-corrected chi connectivity index (χ4v) is 2.45. The minimum atomic E-state index is 0.0161. The summed E-state index contributed by atoms with van der Waals surface area (Å²) in [5, 5.41) is 0. The number of hydrogen-bond acceptors (Lipinski definition) is 2. The van der Waals surface area contributed by atoms with Crippen LogP contribution in [0.5, 0.6) is 0 Å². The maximum Gasteiger partial charge on any atom is 0.0795 e. The van der Waals surface area contributed by atoms with Crippen LogP contribution in [-0.4, -0.2) is 12.7 Å². The molecular formula is C15H23NO. The number of ether oxygens (including phenoxy) is 1. The van der Waals surface area contributed by atoms with E-state index in [2.05, 4.69) is 32.0 Å². The Labute approximate surface area is 104 Å². The van der Waals surface area contributed by atoms with Crippen molar-refractivity contribution in [3.8, 4) is 0 Å². The van der Waals surface area contributed by atoms with Crippen LogP contribution in [0.4, 0.5) is 0 Å². The average Bonchev–Trinajstić information content (AvgIpc) is 3.12. The van der Waals surface area contributed by atoms with E-state index in [1.807, 2.05) is 6.92 Å². The zero-order chi connectivity index (χ0) is 12.4. The van der Waals surface area contributed by atoms with Gasteiger partial charge in [0.05, 0.1) is 12.1 Å². The third-order valence-electron chi connectivity index (χ3n) is 3.59. The van der Waals surface area contributed by atoms with Gasteiger partial charge in [-0.2, -0.15) is 0 Å². The molecule has 1 fully saturated rings. The van der Waals surface area contributed by atoms with Crippen molar-refractivity contribution in [3.05, 3.63) is 34.9 Å². The van der Waals surface area contributed by atoms with Crippen LogP contribution >= 0.6 is 0 Å². The Morgan fingerprint density at radius 2 is 2.06 bits per heavy atom. The molecule has 1 aliphatic rings. The van der Waals surface area contributed by atoms with Gasteiger partial charge in [-0.05, 0) is 50.7 Å². The van der Waals surface area contributed by atoms with Crippen LogP contribution < -0.4 is 5.73 Å². The van der Waals surface area contributed by atoms with Crippen molar-refractivity contribution in [3.63, 3.8) is 0 Å². The van der Waals surface area contributed by atoms with Crippen LogP contribution in [-0.2, 0) is 4.74 Å². The fraction of sp³-hybridized carbons (Fsp3) is 0.600. The van der Waals surface area contributed by atoms with Crippen LogP contribution in [0.25, 0.3) is 0 Å². The van der Waals surface area contributed by atoms with E-state index >= 15 is 0 Å². The lowest BCUT2D eigenvalue weighted by atomic mass is 9.93. The number of hydrogen-bond donors (Lipinski definition) is 1. The van der Waals surface area contributed by atoms with Crippen molar-refractivity contribution in [2.45, 2.75) is 45.8 Å². The van der Waals surface area contributed by atoms with Gasteiger partial charge in [0.25, 0.3) is 0 Å². The summed E-state index contributed by atoms with van der Waals surface area (Å²) in [4.78, 5) is 0. The summed E-state index contributed by atoms with van der Waals surface area (Å²) in [5.74, 6) is 0.671. The molecule has 2 nitrogen and oxygen atoms in total. The van der Waals surface area contributed by atoms with Crippen molar-refractivity contribution in [1.29, 1.82) is 0 Å². The lowest BCUT2D eigenvalue weighted by molar-refractivity contribution is 0.0281. The van der Waals surface area contributed by atoms with E-state index in [9.17, 15) is 0 Å². The van der Waals surface area contributed by atoms with Gasteiger partial charge in [0.2, 0.25) is 0 Å². The van der Waals surface area contributed by atoms with Crippen LogP contribution in [0.3, 0.4) is 0 Å². The maximum atomic E-state index is 6.41. The molecule has 0 saturated heterocycles. The molecule has 0 aliphatic heterocycles. The number of aryl methyl sites for hydroxylation is 2. The normalized spacial score (nSPS) is 19.1. The Hall–Kier alpha value is -0.860. The average molecular weight is 233 g/mol. The molecule has 1 saturated carbocycles. The highest BCUT2D eigenvalue weighted by molar-refractivity contribution is 5.33. The first-order valence-corrected chi connectivity index (χ1v) is 6.57. The van der Waals surface area contributed by atoms with Gasteiger partial charge in [-0.15, -0.1) is 0 Å². The molecule has 94 valence electrons. The molecule has 0 spiro atoms. The maximum absolute atomic E-state index is 6.41. The second-order valence-electron chi connectivity index (χ2n) is 5.14. The topological polar surface area (TPSA) is 35.2 Å². The summed E-state index contributed by atoms with van der Waals surface area (Å²) in [6.45, 7) is 7.04. The number of benzene rings is 1. The molecule has 0 aromatic heterocycles. The van der Waals surface area contributed by atoms with Crippen LogP contribution in [0, 0.1) is 19.8 Å². The van der Waals surface area contributed by atoms with E-state index in [0.717, 1.165) is 6.61 Å². The lowest BCUT2D eigenvalue weighted by Gasteiger charge is -2.25. The smallest absolute Gasteiger partial charge is 0.0795 e. The van der Waals surface area contributed by atoms with Crippen LogP contribution in [0.2, 0.25) is 0 Å². The molecule has 2 N–H and O–H groups in total. The van der Waals surface area contributed by atoms with Gasteiger partial charge in [0.15, 0.2) is 0 Å². The molecule has 0 bridgehead atoms. The van der Waals surface area contributed by atoms with Crippen molar-refractivity contribution < 1.29 is 4.74 Å². The first-order chi connectivity index (χ1) is 8.13. The summed E-state index contributed by atoms with van der Waals surface area (Å²) in [7, 11) is 0. The van der Waals surface area contributed by atoms with Gasteiger partial charge in [-0.25, -0.2) is 0 Å². The van der Waals surface area contributed by atoms with Gasteiger partial charge in [-0.1, -0.05) is 23.8 Å². The molecule has 2 unspecified atom stereocenters. The minimum Gasteiger partial charge on any atom is -0.376 e. The standard InChI is InChI=1S/C15H23NO/c1-4-17-15(12-7-8-12)14(16)13-9-10(2)5-6-11(13)3/h5-6,9,12,14-15H,4,7-8,16H2,1-3H3. The highest BCUT2D eigenvalue weighted by Gasteiger charge is 2.36. The summed E-state index contributed by atoms with van der Waals surface area (Å²) in [5.41, 5.74) is 10.2. The second kappa shape index (κ2) is 5.19. The number of nitrogens with two attached hydrogens (primary N) is 1. The first kappa shape index (κ1) is 12.6. The van der Waals surface area contributed by atoms with Crippen molar-refractivity contribution in [2.24, 2.45) is 11.7 Å².